The summed E-state index contributed by atoms with van der Waals surface area (Å²) in [4.78, 5) is 33.0. The van der Waals surface area contributed by atoms with E-state index in [1.54, 1.807) is 6.07 Å². The topological polar surface area (TPSA) is 94.2 Å². The summed E-state index contributed by atoms with van der Waals surface area (Å²) >= 11 is 0. The van der Waals surface area contributed by atoms with E-state index in [2.05, 4.69) is 5.32 Å². The number of rotatable bonds is 3. The predicted molar refractivity (Wildman–Crippen MR) is 54.2 cm³/mol. The Labute approximate surface area is 85.7 Å². The maximum atomic E-state index is 11.6. The summed E-state index contributed by atoms with van der Waals surface area (Å²) in [5, 5.41) is 2.36. The van der Waals surface area contributed by atoms with E-state index in [0.717, 1.165) is 4.57 Å². The molecule has 0 aliphatic heterocycles. The minimum Gasteiger partial charge on any atom is -0.368 e. The molecule has 0 fully saturated rings. The molecule has 0 spiro atoms. The fraction of sp³-hybridized carbons (Fsp3) is 0.222. The Morgan fingerprint density at radius 3 is 2.73 bits per heavy atom. The Kier molecular flexibility index (Phi) is 3.22. The number of hydrogen-bond acceptors (Lipinski definition) is 3. The molecule has 1 aromatic rings. The Balaban J connectivity index is 3.06. The zero-order valence-corrected chi connectivity index (χ0v) is 8.19. The summed E-state index contributed by atoms with van der Waals surface area (Å²) < 4.78 is 1.13. The number of nitrogens with zero attached hydrogens (tertiary/aromatic N) is 1. The van der Waals surface area contributed by atoms with Crippen LogP contribution in [0.4, 0.5) is 5.69 Å². The van der Waals surface area contributed by atoms with Crippen LogP contribution in [0, 0.1) is 0 Å². The number of carbonyl (C=O) groups excluding carboxylic acids is 2. The highest BCUT2D eigenvalue weighted by molar-refractivity contribution is 5.88. The van der Waals surface area contributed by atoms with Crippen LogP contribution in [0.3, 0.4) is 0 Å². The van der Waals surface area contributed by atoms with Crippen LogP contribution in [0.1, 0.15) is 6.92 Å². The van der Waals surface area contributed by atoms with Gasteiger partial charge in [-0.3, -0.25) is 14.4 Å². The Morgan fingerprint density at radius 1 is 1.53 bits per heavy atom. The molecular weight excluding hydrogens is 198 g/mol. The summed E-state index contributed by atoms with van der Waals surface area (Å²) in [6, 6.07) is 3.01. The van der Waals surface area contributed by atoms with Gasteiger partial charge in [0, 0.05) is 13.1 Å². The molecule has 0 saturated carbocycles. The van der Waals surface area contributed by atoms with E-state index in [9.17, 15) is 14.4 Å². The average molecular weight is 209 g/mol. The minimum atomic E-state index is -0.614. The number of primary amides is 1. The summed E-state index contributed by atoms with van der Waals surface area (Å²) in [7, 11) is 0. The van der Waals surface area contributed by atoms with Crippen molar-refractivity contribution in [1.82, 2.24) is 4.57 Å². The van der Waals surface area contributed by atoms with Gasteiger partial charge in [0.25, 0.3) is 5.56 Å². The number of amides is 2. The highest BCUT2D eigenvalue weighted by Gasteiger charge is 2.05. The normalized spacial score (nSPS) is 9.67. The van der Waals surface area contributed by atoms with Gasteiger partial charge in [-0.15, -0.1) is 0 Å². The van der Waals surface area contributed by atoms with Crippen LogP contribution in [-0.2, 0) is 16.1 Å². The standard InChI is InChI=1S/C9H11N3O3/c1-6(13)11-7-3-2-4-12(9(7)15)5-8(10)14/h2-4H,5H2,1H3,(H2,10,14)(H,11,13). The molecule has 0 saturated heterocycles. The number of carbonyl (C=O) groups is 2. The lowest BCUT2D eigenvalue weighted by atomic mass is 10.4. The van der Waals surface area contributed by atoms with Gasteiger partial charge in [0.2, 0.25) is 11.8 Å². The lowest BCUT2D eigenvalue weighted by molar-refractivity contribution is -0.118. The molecule has 1 aromatic heterocycles. The predicted octanol–water partition coefficient (Wildman–Crippen LogP) is -0.708. The van der Waals surface area contributed by atoms with E-state index < -0.39 is 11.5 Å². The zero-order valence-electron chi connectivity index (χ0n) is 8.19. The van der Waals surface area contributed by atoms with Crippen LogP contribution in [0.5, 0.6) is 0 Å². The van der Waals surface area contributed by atoms with Crippen molar-refractivity contribution in [1.29, 1.82) is 0 Å². The van der Waals surface area contributed by atoms with E-state index in [1.165, 1.54) is 19.2 Å². The van der Waals surface area contributed by atoms with Gasteiger partial charge in [-0.05, 0) is 12.1 Å². The van der Waals surface area contributed by atoms with Crippen molar-refractivity contribution in [3.05, 3.63) is 28.7 Å². The molecule has 6 nitrogen and oxygen atoms in total. The fourth-order valence-electron chi connectivity index (χ4n) is 1.11. The fourth-order valence-corrected chi connectivity index (χ4v) is 1.11. The second-order valence-electron chi connectivity index (χ2n) is 3.00. The van der Waals surface area contributed by atoms with Crippen molar-refractivity contribution < 1.29 is 9.59 Å². The first-order valence-electron chi connectivity index (χ1n) is 4.26. The van der Waals surface area contributed by atoms with Gasteiger partial charge in [-0.1, -0.05) is 0 Å². The number of nitrogens with two attached hydrogens (primary N) is 1. The van der Waals surface area contributed by atoms with Gasteiger partial charge in [0.1, 0.15) is 12.2 Å². The number of nitrogens with one attached hydrogen (secondary N) is 1. The maximum Gasteiger partial charge on any atom is 0.274 e. The SMILES string of the molecule is CC(=O)Nc1cccn(CC(N)=O)c1=O. The van der Waals surface area contributed by atoms with Gasteiger partial charge in [-0.25, -0.2) is 0 Å². The second-order valence-corrected chi connectivity index (χ2v) is 3.00. The van der Waals surface area contributed by atoms with Crippen LogP contribution in [-0.4, -0.2) is 16.4 Å². The molecule has 80 valence electrons. The summed E-state index contributed by atoms with van der Waals surface area (Å²) in [6.45, 7) is 1.09. The molecule has 0 aliphatic carbocycles. The first-order valence-corrected chi connectivity index (χ1v) is 4.26. The quantitative estimate of drug-likeness (QED) is 0.688. The molecule has 1 heterocycles. The summed E-state index contributed by atoms with van der Waals surface area (Å²) in [5.41, 5.74) is 4.64. The van der Waals surface area contributed by atoms with Gasteiger partial charge in [0.05, 0.1) is 0 Å². The van der Waals surface area contributed by atoms with Crippen molar-refractivity contribution in [3.8, 4) is 0 Å². The molecule has 0 atom stereocenters. The molecule has 0 bridgehead atoms. The number of anilines is 1. The van der Waals surface area contributed by atoms with Gasteiger partial charge < -0.3 is 15.6 Å². The van der Waals surface area contributed by atoms with Crippen molar-refractivity contribution >= 4 is 17.5 Å². The zero-order chi connectivity index (χ0) is 11.4. The lowest BCUT2D eigenvalue weighted by Crippen LogP contribution is -2.29. The van der Waals surface area contributed by atoms with E-state index in [-0.39, 0.29) is 18.1 Å². The van der Waals surface area contributed by atoms with Crippen LogP contribution in [0.2, 0.25) is 0 Å². The molecule has 15 heavy (non-hydrogen) atoms. The van der Waals surface area contributed by atoms with Crippen LogP contribution >= 0.6 is 0 Å². The maximum absolute atomic E-state index is 11.6. The first kappa shape index (κ1) is 11.0. The van der Waals surface area contributed by atoms with Crippen molar-refractivity contribution in [3.63, 3.8) is 0 Å². The van der Waals surface area contributed by atoms with Gasteiger partial charge in [0.15, 0.2) is 0 Å². The molecule has 0 aromatic carbocycles. The molecule has 3 N–H and O–H groups in total. The van der Waals surface area contributed by atoms with E-state index in [0.29, 0.717) is 0 Å². The third-order valence-electron chi connectivity index (χ3n) is 1.66. The highest BCUT2D eigenvalue weighted by atomic mass is 16.2. The number of pyridine rings is 1. The molecule has 0 radical (unpaired) electrons. The monoisotopic (exact) mass is 209 g/mol. The van der Waals surface area contributed by atoms with Gasteiger partial charge in [-0.2, -0.15) is 0 Å². The highest BCUT2D eigenvalue weighted by Crippen LogP contribution is 1.97. The third kappa shape index (κ3) is 2.94. The van der Waals surface area contributed by atoms with E-state index in [1.807, 2.05) is 0 Å². The number of hydrogen-bond donors (Lipinski definition) is 2. The third-order valence-corrected chi connectivity index (χ3v) is 1.66. The number of aromatic nitrogens is 1. The molecule has 2 amide bonds. The van der Waals surface area contributed by atoms with Crippen molar-refractivity contribution in [2.24, 2.45) is 5.73 Å². The van der Waals surface area contributed by atoms with E-state index in [4.69, 9.17) is 5.73 Å². The first-order chi connectivity index (χ1) is 7.00. The molecule has 0 aliphatic rings. The summed E-state index contributed by atoms with van der Waals surface area (Å²) in [6.07, 6.45) is 1.43. The second kappa shape index (κ2) is 4.41. The smallest absolute Gasteiger partial charge is 0.274 e. The molecular formula is C9H11N3O3. The molecule has 6 heteroatoms. The molecule has 0 unspecified atom stereocenters. The Hall–Kier alpha value is -2.11. The largest absolute Gasteiger partial charge is 0.368 e. The van der Waals surface area contributed by atoms with Crippen LogP contribution in [0.25, 0.3) is 0 Å². The van der Waals surface area contributed by atoms with Gasteiger partial charge >= 0.3 is 0 Å². The average Bonchev–Trinajstić information content (AvgIpc) is 2.10. The summed E-state index contributed by atoms with van der Waals surface area (Å²) in [5.74, 6) is -0.957. The molecule has 1 rings (SSSR count). The van der Waals surface area contributed by atoms with Crippen LogP contribution < -0.4 is 16.6 Å². The Morgan fingerprint density at radius 2 is 2.20 bits per heavy atom. The van der Waals surface area contributed by atoms with Crippen LogP contribution in [0.15, 0.2) is 23.1 Å². The van der Waals surface area contributed by atoms with Crippen molar-refractivity contribution in [2.75, 3.05) is 5.32 Å². The Bertz CT molecular complexity index is 413. The van der Waals surface area contributed by atoms with E-state index >= 15 is 0 Å². The minimum absolute atomic E-state index is 0.131. The van der Waals surface area contributed by atoms with Crippen molar-refractivity contribution in [2.45, 2.75) is 13.5 Å². The lowest BCUT2D eigenvalue weighted by Gasteiger charge is -2.05.